The SMILES string of the molecule is CCCCCCCCCCCCCC[N+]1(CC#CI)CCSC1.O=S(=O)([O-])c1ccccc1. The number of benzene rings is 1. The van der Waals surface area contributed by atoms with Crippen LogP contribution >= 0.6 is 34.4 Å². The van der Waals surface area contributed by atoms with Gasteiger partial charge in [0.2, 0.25) is 0 Å². The van der Waals surface area contributed by atoms with Crippen molar-refractivity contribution in [1.29, 1.82) is 0 Å². The molecule has 7 heteroatoms. The minimum Gasteiger partial charge on any atom is -0.744 e. The van der Waals surface area contributed by atoms with Crippen molar-refractivity contribution in [3.05, 3.63) is 30.3 Å². The number of hydrogen-bond acceptors (Lipinski definition) is 4. The van der Waals surface area contributed by atoms with Crippen LogP contribution in [0.15, 0.2) is 35.2 Å². The van der Waals surface area contributed by atoms with Crippen molar-refractivity contribution in [2.45, 2.75) is 88.9 Å². The monoisotopic (exact) mass is 607 g/mol. The highest BCUT2D eigenvalue weighted by molar-refractivity contribution is 14.1. The molecule has 1 heterocycles. The summed E-state index contributed by atoms with van der Waals surface area (Å²) in [6.45, 7) is 6.07. The van der Waals surface area contributed by atoms with Crippen LogP contribution in [0.2, 0.25) is 0 Å². The van der Waals surface area contributed by atoms with Crippen LogP contribution in [0.4, 0.5) is 0 Å². The van der Waals surface area contributed by atoms with Gasteiger partial charge in [0.25, 0.3) is 0 Å². The van der Waals surface area contributed by atoms with Crippen molar-refractivity contribution in [3.63, 3.8) is 0 Å². The molecule has 1 saturated heterocycles. The molecule has 2 rings (SSSR count). The average molecular weight is 608 g/mol. The molecule has 4 nitrogen and oxygen atoms in total. The van der Waals surface area contributed by atoms with Gasteiger partial charge in [-0.05, 0) is 34.8 Å². The molecule has 188 valence electrons. The highest BCUT2D eigenvalue weighted by Crippen LogP contribution is 2.24. The molecule has 1 aromatic carbocycles. The van der Waals surface area contributed by atoms with Crippen LogP contribution in [0.1, 0.15) is 84.0 Å². The lowest BCUT2D eigenvalue weighted by Gasteiger charge is -2.31. The maximum atomic E-state index is 10.3. The molecule has 0 aliphatic carbocycles. The fourth-order valence-electron chi connectivity index (χ4n) is 4.03. The number of quaternary nitrogens is 1. The zero-order valence-corrected chi connectivity index (χ0v) is 24.1. The quantitative estimate of drug-likeness (QED) is 0.0696. The third-order valence-electron chi connectivity index (χ3n) is 6.07. The first-order valence-electron chi connectivity index (χ1n) is 12.5. The first kappa shape index (κ1) is 30.8. The standard InChI is InChI=1S/C20H37INS.C6H6O3S/c1-2-3-4-5-6-7-8-9-10-11-12-13-16-22(17-14-15-21)18-19-23-20-22;7-10(8,9)6-4-2-1-3-5-6/h2-13,16-20H2,1H3;1-5H,(H,7,8,9)/q+1;/p-1. The molecule has 0 bridgehead atoms. The van der Waals surface area contributed by atoms with Crippen LogP contribution in [0.25, 0.3) is 0 Å². The predicted octanol–water partition coefficient (Wildman–Crippen LogP) is 7.20. The van der Waals surface area contributed by atoms with E-state index in [0.29, 0.717) is 0 Å². The molecule has 1 aromatic rings. The maximum Gasteiger partial charge on any atom is 0.142 e. The smallest absolute Gasteiger partial charge is 0.142 e. The Balaban J connectivity index is 0.000000451. The van der Waals surface area contributed by atoms with Crippen LogP contribution in [0.3, 0.4) is 0 Å². The molecule has 0 amide bonds. The first-order valence-corrected chi connectivity index (χ1v) is 16.1. The average Bonchev–Trinajstić information content (AvgIpc) is 3.28. The summed E-state index contributed by atoms with van der Waals surface area (Å²) in [6.07, 6.45) is 17.3. The number of hydrogen-bond donors (Lipinski definition) is 0. The molecule has 0 radical (unpaired) electrons. The third kappa shape index (κ3) is 15.4. The Morgan fingerprint density at radius 2 is 1.48 bits per heavy atom. The second kappa shape index (κ2) is 19.0. The summed E-state index contributed by atoms with van der Waals surface area (Å²) in [5.41, 5.74) is 0. The Hall–Kier alpha value is -0.270. The number of nitrogens with zero attached hydrogens (tertiary/aromatic N) is 1. The third-order valence-corrected chi connectivity index (χ3v) is 8.51. The molecule has 1 unspecified atom stereocenters. The predicted molar refractivity (Wildman–Crippen MR) is 149 cm³/mol. The molecule has 1 aliphatic heterocycles. The van der Waals surface area contributed by atoms with Gasteiger partial charge in [-0.25, -0.2) is 8.42 Å². The van der Waals surface area contributed by atoms with Crippen LogP contribution in [-0.2, 0) is 10.1 Å². The van der Waals surface area contributed by atoms with Crippen molar-refractivity contribution in [2.24, 2.45) is 0 Å². The summed E-state index contributed by atoms with van der Waals surface area (Å²) in [5.74, 6) is 5.95. The van der Waals surface area contributed by atoms with Crippen molar-refractivity contribution in [2.75, 3.05) is 31.3 Å². The van der Waals surface area contributed by atoms with Crippen LogP contribution in [0.5, 0.6) is 0 Å². The minimum atomic E-state index is -4.25. The van der Waals surface area contributed by atoms with Crippen LogP contribution < -0.4 is 0 Å². The van der Waals surface area contributed by atoms with Crippen molar-refractivity contribution in [1.82, 2.24) is 0 Å². The van der Waals surface area contributed by atoms with E-state index >= 15 is 0 Å². The molecule has 0 aromatic heterocycles. The van der Waals surface area contributed by atoms with Gasteiger partial charge in [-0.1, -0.05) is 101 Å². The number of unbranched alkanes of at least 4 members (excludes halogenated alkanes) is 11. The Labute approximate surface area is 221 Å². The van der Waals surface area contributed by atoms with Gasteiger partial charge in [0.15, 0.2) is 0 Å². The second-order valence-electron chi connectivity index (χ2n) is 8.91. The first-order chi connectivity index (χ1) is 15.9. The van der Waals surface area contributed by atoms with E-state index in [2.05, 4.69) is 51.1 Å². The molecular formula is C26H42INO3S2. The Bertz CT molecular complexity index is 770. The highest BCUT2D eigenvalue weighted by atomic mass is 127. The molecule has 33 heavy (non-hydrogen) atoms. The zero-order valence-electron chi connectivity index (χ0n) is 20.3. The van der Waals surface area contributed by atoms with E-state index in [4.69, 9.17) is 0 Å². The van der Waals surface area contributed by atoms with Gasteiger partial charge in [-0.2, -0.15) is 0 Å². The molecule has 1 atom stereocenters. The fraction of sp³-hybridized carbons (Fsp3) is 0.692. The van der Waals surface area contributed by atoms with E-state index in [1.165, 1.54) is 131 Å². The number of thioether (sulfide) groups is 1. The van der Waals surface area contributed by atoms with Crippen molar-refractivity contribution < 1.29 is 17.5 Å². The van der Waals surface area contributed by atoms with E-state index in [1.54, 1.807) is 6.07 Å². The summed E-state index contributed by atoms with van der Waals surface area (Å²) in [7, 11) is -4.25. The number of rotatable bonds is 15. The summed E-state index contributed by atoms with van der Waals surface area (Å²) in [6, 6.07) is 7.19. The van der Waals surface area contributed by atoms with E-state index < -0.39 is 10.1 Å². The van der Waals surface area contributed by atoms with Gasteiger partial charge >= 0.3 is 0 Å². The summed E-state index contributed by atoms with van der Waals surface area (Å²) < 4.78 is 35.2. The Kier molecular flexibility index (Phi) is 17.7. The maximum absolute atomic E-state index is 10.3. The summed E-state index contributed by atoms with van der Waals surface area (Å²) in [4.78, 5) is -0.185. The summed E-state index contributed by atoms with van der Waals surface area (Å²) in [5, 5.41) is 0. The Morgan fingerprint density at radius 3 is 1.91 bits per heavy atom. The topological polar surface area (TPSA) is 57.2 Å². The normalized spacial score (nSPS) is 17.7. The van der Waals surface area contributed by atoms with Crippen molar-refractivity contribution >= 4 is 44.5 Å². The van der Waals surface area contributed by atoms with E-state index in [1.807, 2.05) is 0 Å². The van der Waals surface area contributed by atoms with E-state index in [9.17, 15) is 13.0 Å². The second-order valence-corrected chi connectivity index (χ2v) is 11.9. The van der Waals surface area contributed by atoms with Gasteiger partial charge in [-0.15, -0.1) is 0 Å². The van der Waals surface area contributed by atoms with Gasteiger partial charge in [0.1, 0.15) is 22.5 Å². The largest absolute Gasteiger partial charge is 0.744 e. The summed E-state index contributed by atoms with van der Waals surface area (Å²) >= 11 is 4.30. The molecule has 0 spiro atoms. The minimum absolute atomic E-state index is 0.185. The lowest BCUT2D eigenvalue weighted by molar-refractivity contribution is -0.903. The number of halogens is 1. The van der Waals surface area contributed by atoms with Gasteiger partial charge in [-0.3, -0.25) is 0 Å². The molecule has 1 aliphatic rings. The highest BCUT2D eigenvalue weighted by Gasteiger charge is 2.30. The van der Waals surface area contributed by atoms with Gasteiger partial charge in [0, 0.05) is 28.3 Å². The molecular weight excluding hydrogens is 565 g/mol. The molecule has 1 fully saturated rings. The van der Waals surface area contributed by atoms with Crippen LogP contribution in [0, 0.1) is 9.85 Å². The van der Waals surface area contributed by atoms with E-state index in [0.717, 1.165) is 6.54 Å². The molecule has 0 saturated carbocycles. The molecule has 0 N–H and O–H groups in total. The Morgan fingerprint density at radius 1 is 0.939 bits per heavy atom. The van der Waals surface area contributed by atoms with Crippen molar-refractivity contribution in [3.8, 4) is 9.85 Å². The lowest BCUT2D eigenvalue weighted by Crippen LogP contribution is -2.46. The van der Waals surface area contributed by atoms with E-state index in [-0.39, 0.29) is 4.90 Å². The fourth-order valence-corrected chi connectivity index (χ4v) is 6.08. The lowest BCUT2D eigenvalue weighted by atomic mass is 10.1. The van der Waals surface area contributed by atoms with Gasteiger partial charge in [0.05, 0.1) is 18.0 Å². The van der Waals surface area contributed by atoms with Crippen LogP contribution in [-0.4, -0.2) is 48.7 Å². The zero-order chi connectivity index (χ0) is 24.3. The van der Waals surface area contributed by atoms with Gasteiger partial charge < -0.3 is 9.04 Å².